The van der Waals surface area contributed by atoms with Crippen molar-refractivity contribution < 1.29 is 13.6 Å². The van der Waals surface area contributed by atoms with Gasteiger partial charge in [0.15, 0.2) is 5.78 Å². The summed E-state index contributed by atoms with van der Waals surface area (Å²) in [6.45, 7) is 1.65. The molecule has 0 aliphatic rings. The number of benzene rings is 1. The number of hydrogen-bond acceptors (Lipinski definition) is 2. The van der Waals surface area contributed by atoms with Crippen molar-refractivity contribution in [1.29, 1.82) is 0 Å². The Morgan fingerprint density at radius 2 is 1.83 bits per heavy atom. The Labute approximate surface area is 103 Å². The van der Waals surface area contributed by atoms with Crippen LogP contribution in [0.1, 0.15) is 33.5 Å². The van der Waals surface area contributed by atoms with E-state index in [-0.39, 0.29) is 11.3 Å². The van der Waals surface area contributed by atoms with Crippen molar-refractivity contribution in [2.45, 2.75) is 13.3 Å². The zero-order chi connectivity index (χ0) is 13.1. The lowest BCUT2D eigenvalue weighted by molar-refractivity contribution is 0.103. The molecule has 1 aromatic carbocycles. The summed E-state index contributed by atoms with van der Waals surface area (Å²) >= 11 is 0. The second kappa shape index (κ2) is 5.04. The van der Waals surface area contributed by atoms with Crippen LogP contribution >= 0.6 is 0 Å². The SMILES string of the molecule is Cc1cc(C(F)F)ccc1C(=O)c1ccncc1. The first kappa shape index (κ1) is 12.4. The van der Waals surface area contributed by atoms with E-state index in [4.69, 9.17) is 0 Å². The Hall–Kier alpha value is -2.10. The summed E-state index contributed by atoms with van der Waals surface area (Å²) in [4.78, 5) is 16.0. The summed E-state index contributed by atoms with van der Waals surface area (Å²) in [6.07, 6.45) is 0.528. The van der Waals surface area contributed by atoms with Crippen molar-refractivity contribution in [3.8, 4) is 0 Å². The Bertz CT molecular complexity index is 567. The van der Waals surface area contributed by atoms with Crippen molar-refractivity contribution in [2.24, 2.45) is 0 Å². The van der Waals surface area contributed by atoms with Gasteiger partial charge in [-0.15, -0.1) is 0 Å². The smallest absolute Gasteiger partial charge is 0.263 e. The van der Waals surface area contributed by atoms with Crippen molar-refractivity contribution in [1.82, 2.24) is 4.98 Å². The first-order chi connectivity index (χ1) is 8.59. The third kappa shape index (κ3) is 2.42. The predicted octanol–water partition coefficient (Wildman–Crippen LogP) is 3.56. The number of aromatic nitrogens is 1. The fourth-order valence-corrected chi connectivity index (χ4v) is 1.74. The molecule has 0 radical (unpaired) electrons. The van der Waals surface area contributed by atoms with Gasteiger partial charge in [-0.2, -0.15) is 0 Å². The monoisotopic (exact) mass is 247 g/mol. The van der Waals surface area contributed by atoms with E-state index >= 15 is 0 Å². The molecule has 1 aromatic heterocycles. The molecule has 1 heterocycles. The minimum Gasteiger partial charge on any atom is -0.289 e. The number of alkyl halides is 2. The van der Waals surface area contributed by atoms with Crippen molar-refractivity contribution in [2.75, 3.05) is 0 Å². The molecule has 0 saturated heterocycles. The van der Waals surface area contributed by atoms with Gasteiger partial charge in [-0.05, 0) is 30.7 Å². The van der Waals surface area contributed by atoms with Crippen LogP contribution in [0.3, 0.4) is 0 Å². The third-order valence-electron chi connectivity index (χ3n) is 2.69. The number of hydrogen-bond donors (Lipinski definition) is 0. The Kier molecular flexibility index (Phi) is 3.46. The van der Waals surface area contributed by atoms with Crippen molar-refractivity contribution in [3.63, 3.8) is 0 Å². The molecule has 0 aliphatic carbocycles. The molecule has 0 saturated carbocycles. The highest BCUT2D eigenvalue weighted by Gasteiger charge is 2.14. The molecule has 92 valence electrons. The van der Waals surface area contributed by atoms with Crippen LogP contribution in [-0.2, 0) is 0 Å². The summed E-state index contributed by atoms with van der Waals surface area (Å²) in [5.74, 6) is -0.185. The number of aryl methyl sites for hydroxylation is 1. The highest BCUT2D eigenvalue weighted by molar-refractivity contribution is 6.09. The van der Waals surface area contributed by atoms with Crippen molar-refractivity contribution in [3.05, 3.63) is 65.0 Å². The molecule has 0 amide bonds. The molecule has 18 heavy (non-hydrogen) atoms. The van der Waals surface area contributed by atoms with E-state index in [9.17, 15) is 13.6 Å². The summed E-state index contributed by atoms with van der Waals surface area (Å²) in [7, 11) is 0. The maximum atomic E-state index is 12.5. The molecule has 0 N–H and O–H groups in total. The molecule has 2 nitrogen and oxygen atoms in total. The van der Waals surface area contributed by atoms with Gasteiger partial charge in [0.05, 0.1) is 0 Å². The average Bonchev–Trinajstić information content (AvgIpc) is 2.38. The Balaban J connectivity index is 2.38. The third-order valence-corrected chi connectivity index (χ3v) is 2.69. The van der Waals surface area contributed by atoms with Gasteiger partial charge in [0.2, 0.25) is 0 Å². The minimum atomic E-state index is -2.52. The molecule has 0 spiro atoms. The van der Waals surface area contributed by atoms with Gasteiger partial charge in [-0.1, -0.05) is 12.1 Å². The van der Waals surface area contributed by atoms with Gasteiger partial charge >= 0.3 is 0 Å². The number of ketones is 1. The zero-order valence-corrected chi connectivity index (χ0v) is 9.73. The molecule has 0 aliphatic heterocycles. The van der Waals surface area contributed by atoms with Crippen LogP contribution in [0.4, 0.5) is 8.78 Å². The molecule has 0 atom stereocenters. The quantitative estimate of drug-likeness (QED) is 0.776. The van der Waals surface area contributed by atoms with E-state index in [0.29, 0.717) is 16.7 Å². The number of pyridine rings is 1. The van der Waals surface area contributed by atoms with Gasteiger partial charge < -0.3 is 0 Å². The van der Waals surface area contributed by atoms with Crippen LogP contribution in [0.25, 0.3) is 0 Å². The van der Waals surface area contributed by atoms with E-state index in [1.54, 1.807) is 19.1 Å². The van der Waals surface area contributed by atoms with Crippen LogP contribution in [0.2, 0.25) is 0 Å². The van der Waals surface area contributed by atoms with Crippen LogP contribution in [-0.4, -0.2) is 10.8 Å². The van der Waals surface area contributed by atoms with Gasteiger partial charge in [0.1, 0.15) is 0 Å². The van der Waals surface area contributed by atoms with E-state index in [1.165, 1.54) is 30.6 Å². The van der Waals surface area contributed by atoms with Gasteiger partial charge in [0.25, 0.3) is 6.43 Å². The summed E-state index contributed by atoms with van der Waals surface area (Å²) < 4.78 is 25.0. The maximum Gasteiger partial charge on any atom is 0.263 e. The number of rotatable bonds is 3. The van der Waals surface area contributed by atoms with E-state index in [0.717, 1.165) is 0 Å². The number of halogens is 2. The van der Waals surface area contributed by atoms with Gasteiger partial charge in [0, 0.05) is 29.1 Å². The fourth-order valence-electron chi connectivity index (χ4n) is 1.74. The standard InChI is InChI=1S/C14H11F2NO/c1-9-8-11(14(15)16)2-3-12(9)13(18)10-4-6-17-7-5-10/h2-8,14H,1H3. The summed E-state index contributed by atoms with van der Waals surface area (Å²) in [5.41, 5.74) is 1.41. The largest absolute Gasteiger partial charge is 0.289 e. The summed E-state index contributed by atoms with van der Waals surface area (Å²) in [6, 6.07) is 7.27. The molecular formula is C14H11F2NO. The lowest BCUT2D eigenvalue weighted by Gasteiger charge is -2.07. The molecule has 2 aromatic rings. The molecule has 0 bridgehead atoms. The predicted molar refractivity (Wildman–Crippen MR) is 63.8 cm³/mol. The first-order valence-corrected chi connectivity index (χ1v) is 5.43. The molecule has 4 heteroatoms. The number of carbonyl (C=O) groups is 1. The van der Waals surface area contributed by atoms with Crippen molar-refractivity contribution >= 4 is 5.78 Å². The topological polar surface area (TPSA) is 30.0 Å². The van der Waals surface area contributed by atoms with Crippen LogP contribution in [0.5, 0.6) is 0 Å². The van der Waals surface area contributed by atoms with E-state index in [1.807, 2.05) is 0 Å². The van der Waals surface area contributed by atoms with Gasteiger partial charge in [-0.25, -0.2) is 8.78 Å². The molecule has 2 rings (SSSR count). The Morgan fingerprint density at radius 3 is 2.39 bits per heavy atom. The normalized spacial score (nSPS) is 10.7. The zero-order valence-electron chi connectivity index (χ0n) is 9.73. The number of carbonyl (C=O) groups excluding carboxylic acids is 1. The van der Waals surface area contributed by atoms with E-state index < -0.39 is 6.43 Å². The summed E-state index contributed by atoms with van der Waals surface area (Å²) in [5, 5.41) is 0. The Morgan fingerprint density at radius 1 is 1.17 bits per heavy atom. The van der Waals surface area contributed by atoms with Gasteiger partial charge in [-0.3, -0.25) is 9.78 Å². The average molecular weight is 247 g/mol. The van der Waals surface area contributed by atoms with Crippen LogP contribution in [0, 0.1) is 6.92 Å². The molecular weight excluding hydrogens is 236 g/mol. The highest BCUT2D eigenvalue weighted by atomic mass is 19.3. The second-order valence-electron chi connectivity index (χ2n) is 3.94. The molecule has 0 fully saturated rings. The first-order valence-electron chi connectivity index (χ1n) is 5.43. The van der Waals surface area contributed by atoms with Crippen LogP contribution < -0.4 is 0 Å². The maximum absolute atomic E-state index is 12.5. The second-order valence-corrected chi connectivity index (χ2v) is 3.94. The minimum absolute atomic E-state index is 0.0706. The lowest BCUT2D eigenvalue weighted by atomic mass is 9.98. The molecule has 0 unspecified atom stereocenters. The van der Waals surface area contributed by atoms with Crippen LogP contribution in [0.15, 0.2) is 42.7 Å². The van der Waals surface area contributed by atoms with E-state index in [2.05, 4.69) is 4.98 Å². The lowest BCUT2D eigenvalue weighted by Crippen LogP contribution is -2.04. The highest BCUT2D eigenvalue weighted by Crippen LogP contribution is 2.22. The fraction of sp³-hybridized carbons (Fsp3) is 0.143. The number of nitrogens with zero attached hydrogens (tertiary/aromatic N) is 1.